The molecule has 0 spiro atoms. The van der Waals surface area contributed by atoms with Crippen molar-refractivity contribution in [3.63, 3.8) is 0 Å². The van der Waals surface area contributed by atoms with Gasteiger partial charge in [-0.05, 0) is 18.4 Å². The highest BCUT2D eigenvalue weighted by molar-refractivity contribution is 5.82. The van der Waals surface area contributed by atoms with Gasteiger partial charge >= 0.3 is 0 Å². The zero-order chi connectivity index (χ0) is 9.84. The first-order chi connectivity index (χ1) is 6.15. The summed E-state index contributed by atoms with van der Waals surface area (Å²) in [5, 5.41) is 3.27. The molecule has 2 heteroatoms. The Labute approximate surface area is 81.1 Å². The molecule has 1 fully saturated rings. The zero-order valence-corrected chi connectivity index (χ0v) is 8.97. The fourth-order valence-corrected chi connectivity index (χ4v) is 1.88. The molecule has 1 heterocycles. The van der Waals surface area contributed by atoms with Crippen LogP contribution >= 0.6 is 0 Å². The van der Waals surface area contributed by atoms with Gasteiger partial charge in [-0.25, -0.2) is 0 Å². The maximum absolute atomic E-state index is 11.8. The van der Waals surface area contributed by atoms with Gasteiger partial charge in [-0.2, -0.15) is 0 Å². The van der Waals surface area contributed by atoms with Gasteiger partial charge in [0, 0.05) is 18.9 Å². The highest BCUT2D eigenvalue weighted by Gasteiger charge is 2.29. The van der Waals surface area contributed by atoms with Crippen LogP contribution in [0.4, 0.5) is 0 Å². The SMILES string of the molecule is CCC(C)CC(=O)C1CNCC1C. The van der Waals surface area contributed by atoms with E-state index >= 15 is 0 Å². The molecule has 1 N–H and O–H groups in total. The molecule has 3 unspecified atom stereocenters. The third kappa shape index (κ3) is 2.80. The molecular weight excluding hydrogens is 162 g/mol. The number of hydrogen-bond donors (Lipinski definition) is 1. The standard InChI is InChI=1S/C11H21NO/c1-4-8(2)5-11(13)10-7-12-6-9(10)3/h8-10,12H,4-7H2,1-3H3. The Morgan fingerprint density at radius 3 is 2.69 bits per heavy atom. The second-order valence-corrected chi connectivity index (χ2v) is 4.43. The van der Waals surface area contributed by atoms with E-state index in [0.29, 0.717) is 17.6 Å². The van der Waals surface area contributed by atoms with Crippen LogP contribution in [0.25, 0.3) is 0 Å². The molecule has 1 aliphatic heterocycles. The second-order valence-electron chi connectivity index (χ2n) is 4.43. The van der Waals surface area contributed by atoms with Crippen molar-refractivity contribution >= 4 is 5.78 Å². The minimum Gasteiger partial charge on any atom is -0.316 e. The lowest BCUT2D eigenvalue weighted by Crippen LogP contribution is -2.22. The van der Waals surface area contributed by atoms with E-state index < -0.39 is 0 Å². The first kappa shape index (κ1) is 10.7. The van der Waals surface area contributed by atoms with Crippen LogP contribution in [-0.4, -0.2) is 18.9 Å². The van der Waals surface area contributed by atoms with Crippen LogP contribution in [0.3, 0.4) is 0 Å². The smallest absolute Gasteiger partial charge is 0.137 e. The molecule has 0 saturated carbocycles. The van der Waals surface area contributed by atoms with Crippen molar-refractivity contribution in [2.75, 3.05) is 13.1 Å². The average Bonchev–Trinajstić information content (AvgIpc) is 2.51. The number of carbonyl (C=O) groups is 1. The molecule has 0 bridgehead atoms. The molecule has 0 radical (unpaired) electrons. The highest BCUT2D eigenvalue weighted by atomic mass is 16.1. The van der Waals surface area contributed by atoms with Crippen LogP contribution in [-0.2, 0) is 4.79 Å². The third-order valence-electron chi connectivity index (χ3n) is 3.18. The number of hydrogen-bond acceptors (Lipinski definition) is 2. The molecule has 1 saturated heterocycles. The summed E-state index contributed by atoms with van der Waals surface area (Å²) in [6.07, 6.45) is 1.88. The summed E-state index contributed by atoms with van der Waals surface area (Å²) in [5.74, 6) is 1.85. The van der Waals surface area contributed by atoms with Gasteiger partial charge in [-0.15, -0.1) is 0 Å². The lowest BCUT2D eigenvalue weighted by Gasteiger charge is -2.15. The quantitative estimate of drug-likeness (QED) is 0.720. The summed E-state index contributed by atoms with van der Waals surface area (Å²) in [7, 11) is 0. The van der Waals surface area contributed by atoms with E-state index in [9.17, 15) is 4.79 Å². The van der Waals surface area contributed by atoms with Gasteiger partial charge in [0.15, 0.2) is 0 Å². The van der Waals surface area contributed by atoms with E-state index in [1.165, 1.54) is 0 Å². The van der Waals surface area contributed by atoms with Gasteiger partial charge in [-0.3, -0.25) is 4.79 Å². The maximum Gasteiger partial charge on any atom is 0.137 e. The van der Waals surface area contributed by atoms with Crippen LogP contribution in [0.5, 0.6) is 0 Å². The zero-order valence-electron chi connectivity index (χ0n) is 8.97. The van der Waals surface area contributed by atoms with Gasteiger partial charge in [0.2, 0.25) is 0 Å². The van der Waals surface area contributed by atoms with E-state index in [4.69, 9.17) is 0 Å². The van der Waals surface area contributed by atoms with Crippen molar-refractivity contribution in [2.45, 2.75) is 33.6 Å². The first-order valence-electron chi connectivity index (χ1n) is 5.38. The summed E-state index contributed by atoms with van der Waals surface area (Å²) in [4.78, 5) is 11.8. The Morgan fingerprint density at radius 1 is 1.54 bits per heavy atom. The Balaban J connectivity index is 2.38. The predicted molar refractivity (Wildman–Crippen MR) is 54.6 cm³/mol. The van der Waals surface area contributed by atoms with E-state index in [1.807, 2.05) is 0 Å². The molecular formula is C11H21NO. The highest BCUT2D eigenvalue weighted by Crippen LogP contribution is 2.21. The first-order valence-corrected chi connectivity index (χ1v) is 5.38. The van der Waals surface area contributed by atoms with Crippen molar-refractivity contribution < 1.29 is 4.79 Å². The predicted octanol–water partition coefficient (Wildman–Crippen LogP) is 1.85. The molecule has 3 atom stereocenters. The number of Topliss-reactive ketones (excluding diaryl/α,β-unsaturated/α-hetero) is 1. The molecule has 0 aliphatic carbocycles. The van der Waals surface area contributed by atoms with Crippen LogP contribution in [0.2, 0.25) is 0 Å². The number of rotatable bonds is 4. The molecule has 0 amide bonds. The fourth-order valence-electron chi connectivity index (χ4n) is 1.88. The van der Waals surface area contributed by atoms with Gasteiger partial charge in [-0.1, -0.05) is 27.2 Å². The Bertz CT molecular complexity index is 179. The summed E-state index contributed by atoms with van der Waals surface area (Å²) in [6.45, 7) is 8.38. The van der Waals surface area contributed by atoms with Gasteiger partial charge in [0.1, 0.15) is 5.78 Å². The van der Waals surface area contributed by atoms with Gasteiger partial charge < -0.3 is 5.32 Å². The van der Waals surface area contributed by atoms with Crippen LogP contribution < -0.4 is 5.32 Å². The minimum atomic E-state index is 0.286. The summed E-state index contributed by atoms with van der Waals surface area (Å²) in [6, 6.07) is 0. The van der Waals surface area contributed by atoms with E-state index in [-0.39, 0.29) is 5.92 Å². The minimum absolute atomic E-state index is 0.286. The lowest BCUT2D eigenvalue weighted by atomic mass is 9.88. The van der Waals surface area contributed by atoms with Crippen molar-refractivity contribution in [1.29, 1.82) is 0 Å². The third-order valence-corrected chi connectivity index (χ3v) is 3.18. The monoisotopic (exact) mass is 183 g/mol. The van der Waals surface area contributed by atoms with E-state index in [1.54, 1.807) is 0 Å². The molecule has 1 aliphatic rings. The summed E-state index contributed by atoms with van der Waals surface area (Å²) >= 11 is 0. The van der Waals surface area contributed by atoms with E-state index in [0.717, 1.165) is 25.9 Å². The normalized spacial score (nSPS) is 30.4. The van der Waals surface area contributed by atoms with Crippen LogP contribution in [0.1, 0.15) is 33.6 Å². The summed E-state index contributed by atoms with van der Waals surface area (Å²) < 4.78 is 0. The fraction of sp³-hybridized carbons (Fsp3) is 0.909. The van der Waals surface area contributed by atoms with Gasteiger partial charge in [0.05, 0.1) is 0 Å². The molecule has 0 aromatic carbocycles. The maximum atomic E-state index is 11.8. The van der Waals surface area contributed by atoms with E-state index in [2.05, 4.69) is 26.1 Å². The topological polar surface area (TPSA) is 29.1 Å². The molecule has 2 nitrogen and oxygen atoms in total. The van der Waals surface area contributed by atoms with Crippen LogP contribution in [0.15, 0.2) is 0 Å². The average molecular weight is 183 g/mol. The largest absolute Gasteiger partial charge is 0.316 e. The molecule has 76 valence electrons. The molecule has 1 rings (SSSR count). The molecule has 0 aromatic heterocycles. The Kier molecular flexibility index (Phi) is 3.91. The number of carbonyl (C=O) groups excluding carboxylic acids is 1. The Hall–Kier alpha value is -0.370. The van der Waals surface area contributed by atoms with Crippen molar-refractivity contribution in [2.24, 2.45) is 17.8 Å². The number of nitrogens with one attached hydrogen (secondary N) is 1. The van der Waals surface area contributed by atoms with Crippen molar-refractivity contribution in [1.82, 2.24) is 5.32 Å². The summed E-state index contributed by atoms with van der Waals surface area (Å²) in [5.41, 5.74) is 0. The van der Waals surface area contributed by atoms with Crippen LogP contribution in [0, 0.1) is 17.8 Å². The van der Waals surface area contributed by atoms with Crippen molar-refractivity contribution in [3.05, 3.63) is 0 Å². The second kappa shape index (κ2) is 4.75. The van der Waals surface area contributed by atoms with Gasteiger partial charge in [0.25, 0.3) is 0 Å². The van der Waals surface area contributed by atoms with Crippen molar-refractivity contribution in [3.8, 4) is 0 Å². The lowest BCUT2D eigenvalue weighted by molar-refractivity contribution is -0.124. The Morgan fingerprint density at radius 2 is 2.23 bits per heavy atom. The molecule has 0 aromatic rings. The molecule has 13 heavy (non-hydrogen) atoms. The number of ketones is 1.